The summed E-state index contributed by atoms with van der Waals surface area (Å²) >= 11 is 0. The van der Waals surface area contributed by atoms with Crippen LogP contribution in [0.4, 0.5) is 4.79 Å². The monoisotopic (exact) mass is 522 g/mol. The minimum Gasteiger partial charge on any atom is -0.464 e. The van der Waals surface area contributed by atoms with Gasteiger partial charge in [0.25, 0.3) is 5.56 Å². The molecule has 2 atom stereocenters. The number of hydrogen-bond donors (Lipinski definition) is 2. The molecule has 200 valence electrons. The maximum atomic E-state index is 12.9. The van der Waals surface area contributed by atoms with Crippen LogP contribution in [0.15, 0.2) is 40.1 Å². The first-order valence-corrected chi connectivity index (χ1v) is 12.2. The molecule has 4 rings (SSSR count). The van der Waals surface area contributed by atoms with Gasteiger partial charge in [0.2, 0.25) is 0 Å². The first-order valence-electron chi connectivity index (χ1n) is 12.2. The van der Waals surface area contributed by atoms with Crippen molar-refractivity contribution < 1.29 is 19.1 Å². The number of nitrogens with zero attached hydrogens (tertiary/aromatic N) is 4. The maximum Gasteiger partial charge on any atom is 0.407 e. The lowest BCUT2D eigenvalue weighted by Crippen LogP contribution is -2.43. The Morgan fingerprint density at radius 3 is 2.55 bits per heavy atom. The summed E-state index contributed by atoms with van der Waals surface area (Å²) in [6.07, 6.45) is 1.51. The highest BCUT2D eigenvalue weighted by molar-refractivity contribution is 5.87. The molecule has 0 bridgehead atoms. The Labute approximate surface area is 217 Å². The van der Waals surface area contributed by atoms with Crippen LogP contribution < -0.4 is 16.6 Å². The van der Waals surface area contributed by atoms with Gasteiger partial charge in [0.15, 0.2) is 11.2 Å². The average molecular weight is 523 g/mol. The number of nitrogens with one attached hydrogen (secondary N) is 2. The molecule has 0 aliphatic heterocycles. The number of carbonyl (C=O) groups is 2. The molecule has 1 amide bonds. The molecule has 0 aliphatic rings. The smallest absolute Gasteiger partial charge is 0.407 e. The number of rotatable bonds is 8. The molecule has 0 saturated heterocycles. The molecule has 2 unspecified atom stereocenters. The standard InChI is InChI=1S/C26H30N6O6/c1-6-14(19-13-27-22-21(29-19)23(33)32(4)26(36)31(22)3)20-16(15-10-8-9-11-17(15)28-20)12-18(24(34)38-7-2)30-25(35)37-5/h8-11,13-14,18,28H,6-7,12H2,1-5H3,(H,30,35). The maximum absolute atomic E-state index is 12.9. The Morgan fingerprint density at radius 2 is 1.87 bits per heavy atom. The van der Waals surface area contributed by atoms with E-state index in [9.17, 15) is 19.2 Å². The molecule has 2 N–H and O–H groups in total. The van der Waals surface area contributed by atoms with Crippen LogP contribution in [-0.4, -0.2) is 55.9 Å². The molecule has 3 heterocycles. The first kappa shape index (κ1) is 26.6. The van der Waals surface area contributed by atoms with Crippen LogP contribution in [0.3, 0.4) is 0 Å². The number of benzene rings is 1. The molecule has 3 aromatic heterocycles. The van der Waals surface area contributed by atoms with Gasteiger partial charge >= 0.3 is 17.8 Å². The van der Waals surface area contributed by atoms with E-state index in [2.05, 4.69) is 20.3 Å². The van der Waals surface area contributed by atoms with Crippen molar-refractivity contribution in [1.29, 1.82) is 0 Å². The molecule has 4 aromatic rings. The number of H-pyrrole nitrogens is 1. The molecule has 0 saturated carbocycles. The van der Waals surface area contributed by atoms with Crippen LogP contribution in [0.25, 0.3) is 22.1 Å². The van der Waals surface area contributed by atoms with E-state index < -0.39 is 29.4 Å². The van der Waals surface area contributed by atoms with Gasteiger partial charge in [0, 0.05) is 43.0 Å². The highest BCUT2D eigenvalue weighted by Crippen LogP contribution is 2.34. The zero-order valence-corrected chi connectivity index (χ0v) is 21.9. The summed E-state index contributed by atoms with van der Waals surface area (Å²) in [4.78, 5) is 62.5. The summed E-state index contributed by atoms with van der Waals surface area (Å²) in [6, 6.07) is 6.62. The lowest BCUT2D eigenvalue weighted by atomic mass is 9.91. The van der Waals surface area contributed by atoms with Gasteiger partial charge in [-0.15, -0.1) is 0 Å². The molecule has 0 fully saturated rings. The van der Waals surface area contributed by atoms with Crippen molar-refractivity contribution in [1.82, 2.24) is 29.4 Å². The van der Waals surface area contributed by atoms with Gasteiger partial charge in [-0.05, 0) is 25.0 Å². The molecular formula is C26H30N6O6. The van der Waals surface area contributed by atoms with Gasteiger partial charge in [-0.1, -0.05) is 25.1 Å². The number of esters is 1. The summed E-state index contributed by atoms with van der Waals surface area (Å²) in [7, 11) is 4.16. The van der Waals surface area contributed by atoms with Crippen molar-refractivity contribution >= 4 is 34.1 Å². The second kappa shape index (κ2) is 10.9. The van der Waals surface area contributed by atoms with E-state index in [1.807, 2.05) is 31.2 Å². The number of amides is 1. The Bertz CT molecular complexity index is 1640. The fourth-order valence-corrected chi connectivity index (χ4v) is 4.66. The number of aromatic nitrogens is 5. The summed E-state index contributed by atoms with van der Waals surface area (Å²) < 4.78 is 12.2. The van der Waals surface area contributed by atoms with Crippen LogP contribution in [0, 0.1) is 0 Å². The van der Waals surface area contributed by atoms with Crippen LogP contribution >= 0.6 is 0 Å². The molecule has 12 nitrogen and oxygen atoms in total. The van der Waals surface area contributed by atoms with Crippen LogP contribution in [0.2, 0.25) is 0 Å². The Kier molecular flexibility index (Phi) is 7.60. The van der Waals surface area contributed by atoms with Crippen LogP contribution in [0.5, 0.6) is 0 Å². The zero-order valence-electron chi connectivity index (χ0n) is 21.9. The van der Waals surface area contributed by atoms with Crippen molar-refractivity contribution in [2.24, 2.45) is 14.1 Å². The minimum absolute atomic E-state index is 0.0833. The number of ether oxygens (including phenoxy) is 2. The number of carbonyl (C=O) groups excluding carboxylic acids is 2. The molecular weight excluding hydrogens is 492 g/mol. The highest BCUT2D eigenvalue weighted by Gasteiger charge is 2.29. The summed E-state index contributed by atoms with van der Waals surface area (Å²) in [5, 5.41) is 3.44. The quantitative estimate of drug-likeness (QED) is 0.333. The van der Waals surface area contributed by atoms with E-state index in [1.54, 1.807) is 13.1 Å². The van der Waals surface area contributed by atoms with Gasteiger partial charge in [0.1, 0.15) is 6.04 Å². The van der Waals surface area contributed by atoms with Gasteiger partial charge in [0.05, 0.1) is 25.6 Å². The molecule has 0 spiro atoms. The summed E-state index contributed by atoms with van der Waals surface area (Å²) in [5.41, 5.74) is 2.17. The molecule has 1 aromatic carbocycles. The van der Waals surface area contributed by atoms with Crippen molar-refractivity contribution in [2.45, 2.75) is 38.6 Å². The Hall–Kier alpha value is -4.48. The van der Waals surface area contributed by atoms with E-state index in [0.29, 0.717) is 12.1 Å². The predicted octanol–water partition coefficient (Wildman–Crippen LogP) is 1.88. The summed E-state index contributed by atoms with van der Waals surface area (Å²) in [6.45, 7) is 3.82. The molecule has 0 radical (unpaired) electrons. The molecule has 0 aliphatic carbocycles. The van der Waals surface area contributed by atoms with Gasteiger partial charge in [-0.25, -0.2) is 24.4 Å². The number of fused-ring (bicyclic) bond motifs is 2. The van der Waals surface area contributed by atoms with E-state index in [1.165, 1.54) is 25.8 Å². The zero-order chi connectivity index (χ0) is 27.6. The van der Waals surface area contributed by atoms with Crippen LogP contribution in [-0.2, 0) is 34.8 Å². The van der Waals surface area contributed by atoms with E-state index in [-0.39, 0.29) is 30.1 Å². The second-order valence-electron chi connectivity index (χ2n) is 8.84. The molecule has 12 heteroatoms. The largest absolute Gasteiger partial charge is 0.464 e. The van der Waals surface area contributed by atoms with Gasteiger partial charge < -0.3 is 19.8 Å². The number of aryl methyl sites for hydroxylation is 1. The highest BCUT2D eigenvalue weighted by atomic mass is 16.5. The van der Waals surface area contributed by atoms with Gasteiger partial charge in [-0.3, -0.25) is 13.9 Å². The fraction of sp³-hybridized carbons (Fsp3) is 0.385. The van der Waals surface area contributed by atoms with Crippen molar-refractivity contribution in [3.8, 4) is 0 Å². The van der Waals surface area contributed by atoms with E-state index in [0.717, 1.165) is 26.7 Å². The normalized spacial score (nSPS) is 12.9. The van der Waals surface area contributed by atoms with Crippen molar-refractivity contribution in [2.75, 3.05) is 13.7 Å². The average Bonchev–Trinajstić information content (AvgIpc) is 3.28. The molecule has 38 heavy (non-hydrogen) atoms. The van der Waals surface area contributed by atoms with Crippen molar-refractivity contribution in [3.05, 3.63) is 68.3 Å². The number of hydrogen-bond acceptors (Lipinski definition) is 8. The topological polar surface area (TPSA) is 150 Å². The Morgan fingerprint density at radius 1 is 1.13 bits per heavy atom. The minimum atomic E-state index is -0.998. The first-order chi connectivity index (χ1) is 18.2. The van der Waals surface area contributed by atoms with Crippen molar-refractivity contribution in [3.63, 3.8) is 0 Å². The van der Waals surface area contributed by atoms with Gasteiger partial charge in [-0.2, -0.15) is 0 Å². The third kappa shape index (κ3) is 4.76. The predicted molar refractivity (Wildman–Crippen MR) is 140 cm³/mol. The number of aromatic amines is 1. The number of methoxy groups -OCH3 is 1. The van der Waals surface area contributed by atoms with E-state index in [4.69, 9.17) is 9.47 Å². The van der Waals surface area contributed by atoms with E-state index >= 15 is 0 Å². The SMILES string of the molecule is CCOC(=O)C(Cc1c(C(CC)c2cnc3c(n2)c(=O)n(C)c(=O)n3C)[nH]c2ccccc12)NC(=O)OC. The number of para-hydroxylation sites is 1. The Balaban J connectivity index is 1.87. The van der Waals surface area contributed by atoms with Crippen LogP contribution in [0.1, 0.15) is 43.1 Å². The number of alkyl carbamates (subject to hydrolysis) is 1. The second-order valence-corrected chi connectivity index (χ2v) is 8.84. The lowest BCUT2D eigenvalue weighted by Gasteiger charge is -2.20. The third-order valence-electron chi connectivity index (χ3n) is 6.59. The third-order valence-corrected chi connectivity index (χ3v) is 6.59. The summed E-state index contributed by atoms with van der Waals surface area (Å²) in [5.74, 6) is -0.922. The fourth-order valence-electron chi connectivity index (χ4n) is 4.66. The lowest BCUT2D eigenvalue weighted by molar-refractivity contribution is -0.145.